The van der Waals surface area contributed by atoms with Crippen LogP contribution in [0.4, 0.5) is 8.78 Å². The van der Waals surface area contributed by atoms with E-state index < -0.39 is 17.0 Å². The van der Waals surface area contributed by atoms with Gasteiger partial charge in [-0.3, -0.25) is 0 Å². The second kappa shape index (κ2) is 4.13. The van der Waals surface area contributed by atoms with Crippen molar-refractivity contribution >= 4 is 0 Å². The first kappa shape index (κ1) is 11.9. The molecule has 0 heterocycles. The van der Waals surface area contributed by atoms with Crippen LogP contribution in [0.3, 0.4) is 0 Å². The first-order chi connectivity index (χ1) is 6.94. The van der Waals surface area contributed by atoms with E-state index in [4.69, 9.17) is 0 Å². The molecule has 0 nitrogen and oxygen atoms in total. The third kappa shape index (κ3) is 2.09. The van der Waals surface area contributed by atoms with Crippen LogP contribution >= 0.6 is 0 Å². The van der Waals surface area contributed by atoms with Crippen LogP contribution in [0, 0.1) is 11.6 Å². The molecule has 15 heavy (non-hydrogen) atoms. The van der Waals surface area contributed by atoms with Gasteiger partial charge >= 0.3 is 0 Å². The second-order valence-corrected chi connectivity index (χ2v) is 4.17. The van der Waals surface area contributed by atoms with Gasteiger partial charge < -0.3 is 0 Å². The van der Waals surface area contributed by atoms with Crippen molar-refractivity contribution in [2.24, 2.45) is 0 Å². The van der Waals surface area contributed by atoms with E-state index in [1.807, 2.05) is 20.8 Å². The maximum absolute atomic E-state index is 13.7. The predicted molar refractivity (Wildman–Crippen MR) is 59.0 cm³/mol. The number of hydrogen-bond acceptors (Lipinski definition) is 0. The van der Waals surface area contributed by atoms with Gasteiger partial charge in [-0.15, -0.1) is 6.58 Å². The standard InChI is InChI=1S/C13H16F2/c1-5-9-7-8-10(14)12(15)11(9)13(3,4)6-2/h6-8H,2,5H2,1,3-4H3. The van der Waals surface area contributed by atoms with E-state index in [0.29, 0.717) is 12.0 Å². The third-order valence-electron chi connectivity index (χ3n) is 2.72. The Labute approximate surface area is 89.6 Å². The highest BCUT2D eigenvalue weighted by Crippen LogP contribution is 2.31. The Kier molecular flexibility index (Phi) is 3.28. The van der Waals surface area contributed by atoms with Crippen LogP contribution < -0.4 is 0 Å². The Morgan fingerprint density at radius 3 is 2.40 bits per heavy atom. The van der Waals surface area contributed by atoms with Crippen molar-refractivity contribution in [3.63, 3.8) is 0 Å². The zero-order valence-corrected chi connectivity index (χ0v) is 9.40. The monoisotopic (exact) mass is 210 g/mol. The number of aryl methyl sites for hydroxylation is 1. The van der Waals surface area contributed by atoms with E-state index >= 15 is 0 Å². The smallest absolute Gasteiger partial charge is 0.163 e. The Hall–Kier alpha value is -1.18. The van der Waals surface area contributed by atoms with Crippen LogP contribution in [0.25, 0.3) is 0 Å². The van der Waals surface area contributed by atoms with Gasteiger partial charge in [0.1, 0.15) is 0 Å². The minimum atomic E-state index is -0.794. The van der Waals surface area contributed by atoms with Crippen LogP contribution in [-0.4, -0.2) is 0 Å². The molecule has 1 rings (SSSR count). The molecule has 0 fully saturated rings. The van der Waals surface area contributed by atoms with Crippen molar-refractivity contribution in [3.05, 3.63) is 47.5 Å². The molecule has 1 aromatic rings. The Morgan fingerprint density at radius 1 is 1.33 bits per heavy atom. The van der Waals surface area contributed by atoms with Gasteiger partial charge in [0.2, 0.25) is 0 Å². The van der Waals surface area contributed by atoms with Gasteiger partial charge in [-0.1, -0.05) is 32.9 Å². The molecule has 1 aromatic carbocycles. The van der Waals surface area contributed by atoms with Crippen molar-refractivity contribution in [1.82, 2.24) is 0 Å². The number of benzene rings is 1. The van der Waals surface area contributed by atoms with Crippen LogP contribution in [0.1, 0.15) is 31.9 Å². The summed E-state index contributed by atoms with van der Waals surface area (Å²) in [5, 5.41) is 0. The van der Waals surface area contributed by atoms with E-state index in [2.05, 4.69) is 6.58 Å². The van der Waals surface area contributed by atoms with E-state index in [1.54, 1.807) is 12.1 Å². The van der Waals surface area contributed by atoms with Gasteiger partial charge in [-0.2, -0.15) is 0 Å². The summed E-state index contributed by atoms with van der Waals surface area (Å²) in [5.74, 6) is -1.55. The number of halogens is 2. The predicted octanol–water partition coefficient (Wildman–Crippen LogP) is 3.99. The summed E-state index contributed by atoms with van der Waals surface area (Å²) < 4.78 is 26.9. The fourth-order valence-corrected chi connectivity index (χ4v) is 1.68. The van der Waals surface area contributed by atoms with Crippen molar-refractivity contribution in [3.8, 4) is 0 Å². The molecule has 0 unspecified atom stereocenters. The number of allylic oxidation sites excluding steroid dienone is 1. The summed E-state index contributed by atoms with van der Waals surface area (Å²) in [4.78, 5) is 0. The van der Waals surface area contributed by atoms with Gasteiger partial charge in [0.15, 0.2) is 11.6 Å². The molecule has 0 saturated carbocycles. The van der Waals surface area contributed by atoms with Crippen molar-refractivity contribution in [2.45, 2.75) is 32.6 Å². The molecule has 0 N–H and O–H groups in total. The fraction of sp³-hybridized carbons (Fsp3) is 0.385. The zero-order chi connectivity index (χ0) is 11.6. The largest absolute Gasteiger partial charge is 0.204 e. The molecule has 0 bridgehead atoms. The van der Waals surface area contributed by atoms with Crippen molar-refractivity contribution in [2.75, 3.05) is 0 Å². The van der Waals surface area contributed by atoms with E-state index in [-0.39, 0.29) is 0 Å². The molecule has 82 valence electrons. The number of hydrogen-bond donors (Lipinski definition) is 0. The molecule has 0 aliphatic heterocycles. The molecule has 2 heteroatoms. The molecular weight excluding hydrogens is 194 g/mol. The normalized spacial score (nSPS) is 11.5. The highest BCUT2D eigenvalue weighted by atomic mass is 19.2. The minimum absolute atomic E-state index is 0.417. The SMILES string of the molecule is C=CC(C)(C)c1c(CC)ccc(F)c1F. The molecule has 0 spiro atoms. The molecule has 0 aromatic heterocycles. The van der Waals surface area contributed by atoms with E-state index in [9.17, 15) is 8.78 Å². The molecule has 0 amide bonds. The lowest BCUT2D eigenvalue weighted by molar-refractivity contribution is 0.476. The lowest BCUT2D eigenvalue weighted by atomic mass is 9.81. The maximum atomic E-state index is 13.7. The van der Waals surface area contributed by atoms with Crippen molar-refractivity contribution < 1.29 is 8.78 Å². The van der Waals surface area contributed by atoms with Crippen molar-refractivity contribution in [1.29, 1.82) is 0 Å². The molecule has 0 aliphatic carbocycles. The van der Waals surface area contributed by atoms with Gasteiger partial charge in [0.05, 0.1) is 0 Å². The van der Waals surface area contributed by atoms with Gasteiger partial charge in [-0.05, 0) is 18.1 Å². The zero-order valence-electron chi connectivity index (χ0n) is 9.40. The quantitative estimate of drug-likeness (QED) is 0.662. The highest BCUT2D eigenvalue weighted by molar-refractivity contribution is 5.38. The average Bonchev–Trinajstić information content (AvgIpc) is 2.21. The average molecular weight is 210 g/mol. The summed E-state index contributed by atoms with van der Waals surface area (Å²) in [5.41, 5.74) is 0.705. The summed E-state index contributed by atoms with van der Waals surface area (Å²) in [6.07, 6.45) is 2.33. The Balaban J connectivity index is 3.49. The summed E-state index contributed by atoms with van der Waals surface area (Å²) in [6.45, 7) is 9.25. The van der Waals surface area contributed by atoms with E-state index in [1.165, 1.54) is 6.07 Å². The van der Waals surface area contributed by atoms with Gasteiger partial charge in [0, 0.05) is 11.0 Å². The second-order valence-electron chi connectivity index (χ2n) is 4.17. The molecular formula is C13H16F2. The van der Waals surface area contributed by atoms with Gasteiger partial charge in [-0.25, -0.2) is 8.78 Å². The first-order valence-corrected chi connectivity index (χ1v) is 5.05. The summed E-state index contributed by atoms with van der Waals surface area (Å²) >= 11 is 0. The first-order valence-electron chi connectivity index (χ1n) is 5.05. The lowest BCUT2D eigenvalue weighted by Crippen LogP contribution is -2.19. The highest BCUT2D eigenvalue weighted by Gasteiger charge is 2.25. The number of rotatable bonds is 3. The third-order valence-corrected chi connectivity index (χ3v) is 2.72. The molecule has 0 atom stereocenters. The van der Waals surface area contributed by atoms with Crippen LogP contribution in [0.5, 0.6) is 0 Å². The minimum Gasteiger partial charge on any atom is -0.204 e. The summed E-state index contributed by atoms with van der Waals surface area (Å²) in [7, 11) is 0. The van der Waals surface area contributed by atoms with Crippen LogP contribution in [0.2, 0.25) is 0 Å². The molecule has 0 aliphatic rings. The molecule has 0 radical (unpaired) electrons. The molecule has 0 saturated heterocycles. The van der Waals surface area contributed by atoms with E-state index in [0.717, 1.165) is 5.56 Å². The van der Waals surface area contributed by atoms with Gasteiger partial charge in [0.25, 0.3) is 0 Å². The summed E-state index contributed by atoms with van der Waals surface area (Å²) in [6, 6.07) is 2.82. The topological polar surface area (TPSA) is 0 Å². The fourth-order valence-electron chi connectivity index (χ4n) is 1.68. The lowest BCUT2D eigenvalue weighted by Gasteiger charge is -2.24. The maximum Gasteiger partial charge on any atom is 0.163 e. The Morgan fingerprint density at radius 2 is 1.93 bits per heavy atom. The Bertz CT molecular complexity index is 378. The van der Waals surface area contributed by atoms with Crippen LogP contribution in [0.15, 0.2) is 24.8 Å². The van der Waals surface area contributed by atoms with Crippen LogP contribution in [-0.2, 0) is 11.8 Å².